The van der Waals surface area contributed by atoms with E-state index in [1.165, 1.54) is 17.1 Å². The predicted octanol–water partition coefficient (Wildman–Crippen LogP) is 3.08. The van der Waals surface area contributed by atoms with E-state index in [1.807, 2.05) is 19.9 Å². The molecule has 1 aliphatic heterocycles. The zero-order valence-electron chi connectivity index (χ0n) is 19.2. The molecular weight excluding hydrogens is 427 g/mol. The van der Waals surface area contributed by atoms with E-state index in [0.29, 0.717) is 60.2 Å². The van der Waals surface area contributed by atoms with E-state index in [-0.39, 0.29) is 11.7 Å². The number of hydrogen-bond acceptors (Lipinski definition) is 7. The van der Waals surface area contributed by atoms with Gasteiger partial charge in [-0.15, -0.1) is 0 Å². The molecule has 3 aromatic rings. The summed E-state index contributed by atoms with van der Waals surface area (Å²) in [6.07, 6.45) is 3.92. The second-order valence-corrected chi connectivity index (χ2v) is 7.90. The maximum absolute atomic E-state index is 14.6. The number of aromatic nitrogens is 4. The van der Waals surface area contributed by atoms with Crippen molar-refractivity contribution in [3.8, 4) is 23.2 Å². The Bertz CT molecular complexity index is 1150. The van der Waals surface area contributed by atoms with Gasteiger partial charge in [-0.1, -0.05) is 0 Å². The highest BCUT2D eigenvalue weighted by Crippen LogP contribution is 2.33. The summed E-state index contributed by atoms with van der Waals surface area (Å²) in [5.74, 6) is -0.184. The summed E-state index contributed by atoms with van der Waals surface area (Å²) in [5, 5.41) is 13.4. The number of nitriles is 1. The first kappa shape index (κ1) is 24.1. The number of aryl methyl sites for hydroxylation is 1. The topological polar surface area (TPSA) is 106 Å². The molecule has 4 rings (SSSR count). The second kappa shape index (κ2) is 10.8. The number of hydrogen-bond donors (Lipinski definition) is 0. The number of halogens is 1. The van der Waals surface area contributed by atoms with Crippen molar-refractivity contribution in [3.63, 3.8) is 0 Å². The van der Waals surface area contributed by atoms with Gasteiger partial charge in [0.25, 0.3) is 0 Å². The SMILES string of the molecule is COC(C)C.Cn1nc2c(OC3CCN(C=O)CC3)ncnc2c1-c1ccc(C#N)cc1F. The number of methoxy groups -OCH3 is 1. The van der Waals surface area contributed by atoms with Crippen molar-refractivity contribution in [1.29, 1.82) is 5.26 Å². The standard InChI is InChI=1S/C19H17FN6O2.C4H10O/c1-25-18(14-3-2-12(9-21)8-15(14)20)16-17(24-25)19(23-10-22-16)28-13-4-6-26(11-27)7-5-13;1-4(2)5-3/h2-3,8,10-11,13H,4-7H2,1H3;4H,1-3H3. The van der Waals surface area contributed by atoms with Crippen molar-refractivity contribution < 1.29 is 18.7 Å². The van der Waals surface area contributed by atoms with Gasteiger partial charge in [-0.25, -0.2) is 9.37 Å². The van der Waals surface area contributed by atoms with Gasteiger partial charge in [0.1, 0.15) is 23.8 Å². The molecule has 10 heteroatoms. The average molecular weight is 455 g/mol. The summed E-state index contributed by atoms with van der Waals surface area (Å²) in [4.78, 5) is 21.0. The fraction of sp³-hybridized carbons (Fsp3) is 0.435. The third kappa shape index (κ3) is 5.62. The number of amides is 1. The van der Waals surface area contributed by atoms with Crippen LogP contribution in [0.2, 0.25) is 0 Å². The predicted molar refractivity (Wildman–Crippen MR) is 120 cm³/mol. The van der Waals surface area contributed by atoms with Gasteiger partial charge in [-0.3, -0.25) is 9.48 Å². The van der Waals surface area contributed by atoms with E-state index in [0.717, 1.165) is 6.41 Å². The third-order valence-corrected chi connectivity index (χ3v) is 5.32. The molecule has 0 radical (unpaired) electrons. The highest BCUT2D eigenvalue weighted by Gasteiger charge is 2.24. The van der Waals surface area contributed by atoms with Crippen molar-refractivity contribution in [2.24, 2.45) is 7.05 Å². The first-order valence-corrected chi connectivity index (χ1v) is 10.6. The van der Waals surface area contributed by atoms with Crippen molar-refractivity contribution >= 4 is 17.4 Å². The molecule has 174 valence electrons. The minimum Gasteiger partial charge on any atom is -0.473 e. The molecule has 1 amide bonds. The highest BCUT2D eigenvalue weighted by atomic mass is 19.1. The van der Waals surface area contributed by atoms with Crippen molar-refractivity contribution in [2.45, 2.75) is 38.9 Å². The van der Waals surface area contributed by atoms with Crippen molar-refractivity contribution in [1.82, 2.24) is 24.6 Å². The third-order valence-electron chi connectivity index (χ3n) is 5.32. The van der Waals surface area contributed by atoms with Gasteiger partial charge in [0.2, 0.25) is 12.3 Å². The van der Waals surface area contributed by atoms with Gasteiger partial charge in [-0.2, -0.15) is 15.3 Å². The van der Waals surface area contributed by atoms with Gasteiger partial charge in [0.15, 0.2) is 5.52 Å². The van der Waals surface area contributed by atoms with Gasteiger partial charge in [-0.05, 0) is 32.0 Å². The second-order valence-electron chi connectivity index (χ2n) is 7.90. The van der Waals surface area contributed by atoms with Crippen LogP contribution in [0.5, 0.6) is 5.88 Å². The summed E-state index contributed by atoms with van der Waals surface area (Å²) >= 11 is 0. The zero-order valence-corrected chi connectivity index (χ0v) is 19.2. The molecule has 0 atom stereocenters. The molecule has 3 heterocycles. The fourth-order valence-electron chi connectivity index (χ4n) is 3.40. The van der Waals surface area contributed by atoms with Crippen molar-refractivity contribution in [3.05, 3.63) is 35.9 Å². The van der Waals surface area contributed by atoms with E-state index in [2.05, 4.69) is 15.1 Å². The fourth-order valence-corrected chi connectivity index (χ4v) is 3.40. The van der Waals surface area contributed by atoms with Crippen LogP contribution >= 0.6 is 0 Å². The van der Waals surface area contributed by atoms with E-state index in [4.69, 9.17) is 14.7 Å². The van der Waals surface area contributed by atoms with Crippen LogP contribution in [0, 0.1) is 17.1 Å². The van der Waals surface area contributed by atoms with Crippen LogP contribution < -0.4 is 4.74 Å². The molecule has 0 aliphatic carbocycles. The molecular formula is C23H27FN6O3. The lowest BCUT2D eigenvalue weighted by atomic mass is 10.1. The Morgan fingerprint density at radius 3 is 2.52 bits per heavy atom. The Kier molecular flexibility index (Phi) is 7.90. The average Bonchev–Trinajstić information content (AvgIpc) is 3.16. The van der Waals surface area contributed by atoms with Crippen LogP contribution in [-0.2, 0) is 16.6 Å². The monoisotopic (exact) mass is 454 g/mol. The van der Waals surface area contributed by atoms with Crippen LogP contribution in [0.4, 0.5) is 4.39 Å². The molecule has 9 nitrogen and oxygen atoms in total. The number of piperidine rings is 1. The normalized spacial score (nSPS) is 14.0. The number of likely N-dealkylation sites (tertiary alicyclic amines) is 1. The minimum absolute atomic E-state index is 0.0774. The Hall–Kier alpha value is -3.58. The van der Waals surface area contributed by atoms with Gasteiger partial charge in [0.05, 0.1) is 23.4 Å². The van der Waals surface area contributed by atoms with Crippen LogP contribution in [-0.4, -0.2) is 63.5 Å². The molecule has 1 saturated heterocycles. The maximum Gasteiger partial charge on any atom is 0.245 e. The largest absolute Gasteiger partial charge is 0.473 e. The maximum atomic E-state index is 14.6. The number of benzene rings is 1. The molecule has 0 saturated carbocycles. The zero-order chi connectivity index (χ0) is 24.0. The van der Waals surface area contributed by atoms with Crippen LogP contribution in [0.3, 0.4) is 0 Å². The summed E-state index contributed by atoms with van der Waals surface area (Å²) in [6, 6.07) is 6.20. The Balaban J connectivity index is 0.000000555. The lowest BCUT2D eigenvalue weighted by Gasteiger charge is -2.29. The lowest BCUT2D eigenvalue weighted by Crippen LogP contribution is -2.37. The van der Waals surface area contributed by atoms with Gasteiger partial charge < -0.3 is 14.4 Å². The number of rotatable bonds is 5. The molecule has 33 heavy (non-hydrogen) atoms. The number of ether oxygens (including phenoxy) is 2. The van der Waals surface area contributed by atoms with E-state index in [9.17, 15) is 9.18 Å². The summed E-state index contributed by atoms with van der Waals surface area (Å²) in [6.45, 7) is 5.26. The summed E-state index contributed by atoms with van der Waals surface area (Å²) in [5.41, 5.74) is 1.95. The molecule has 1 aliphatic rings. The van der Waals surface area contributed by atoms with Gasteiger partial charge in [0, 0.05) is 45.7 Å². The quantitative estimate of drug-likeness (QED) is 0.546. The lowest BCUT2D eigenvalue weighted by molar-refractivity contribution is -0.119. The molecule has 1 aromatic carbocycles. The van der Waals surface area contributed by atoms with E-state index < -0.39 is 5.82 Å². The molecule has 0 unspecified atom stereocenters. The number of carbonyl (C=O) groups is 1. The van der Waals surface area contributed by atoms with Crippen LogP contribution in [0.15, 0.2) is 24.5 Å². The molecule has 2 aromatic heterocycles. The highest BCUT2D eigenvalue weighted by molar-refractivity contribution is 5.92. The van der Waals surface area contributed by atoms with E-state index in [1.54, 1.807) is 31.2 Å². The number of carbonyl (C=O) groups excluding carboxylic acids is 1. The minimum atomic E-state index is -0.522. The Morgan fingerprint density at radius 2 is 1.94 bits per heavy atom. The summed E-state index contributed by atoms with van der Waals surface area (Å²) in [7, 11) is 3.39. The van der Waals surface area contributed by atoms with Crippen molar-refractivity contribution in [2.75, 3.05) is 20.2 Å². The van der Waals surface area contributed by atoms with E-state index >= 15 is 0 Å². The summed E-state index contributed by atoms with van der Waals surface area (Å²) < 4.78 is 26.9. The Morgan fingerprint density at radius 1 is 1.24 bits per heavy atom. The van der Waals surface area contributed by atoms with Crippen LogP contribution in [0.1, 0.15) is 32.3 Å². The number of fused-ring (bicyclic) bond motifs is 1. The van der Waals surface area contributed by atoms with Gasteiger partial charge >= 0.3 is 0 Å². The van der Waals surface area contributed by atoms with Crippen LogP contribution in [0.25, 0.3) is 22.3 Å². The molecule has 0 spiro atoms. The number of nitrogens with zero attached hydrogens (tertiary/aromatic N) is 6. The Labute approximate surface area is 191 Å². The first-order chi connectivity index (χ1) is 15.9. The first-order valence-electron chi connectivity index (χ1n) is 10.6. The molecule has 0 N–H and O–H groups in total. The smallest absolute Gasteiger partial charge is 0.245 e. The molecule has 1 fully saturated rings. The molecule has 0 bridgehead atoms.